The van der Waals surface area contributed by atoms with Crippen molar-refractivity contribution in [3.8, 4) is 0 Å². The van der Waals surface area contributed by atoms with E-state index in [-0.39, 0.29) is 25.0 Å². The Morgan fingerprint density at radius 2 is 2.33 bits per heavy atom. The van der Waals surface area contributed by atoms with Crippen molar-refractivity contribution in [1.82, 2.24) is 10.1 Å². The van der Waals surface area contributed by atoms with Crippen LogP contribution in [0.2, 0.25) is 0 Å². The van der Waals surface area contributed by atoms with Gasteiger partial charge < -0.3 is 20.1 Å². The van der Waals surface area contributed by atoms with Crippen LogP contribution in [0.4, 0.5) is 0 Å². The molecule has 6 heteroatoms. The molecule has 1 aromatic rings. The second-order valence-electron chi connectivity index (χ2n) is 5.64. The van der Waals surface area contributed by atoms with Gasteiger partial charge in [-0.3, -0.25) is 0 Å². The lowest BCUT2D eigenvalue weighted by atomic mass is 9.89. The number of nitrogens with zero attached hydrogens (tertiary/aromatic N) is 2. The minimum Gasteiger partial charge on any atom is -0.388 e. The van der Waals surface area contributed by atoms with Gasteiger partial charge in [-0.25, -0.2) is 0 Å². The van der Waals surface area contributed by atoms with E-state index >= 15 is 0 Å². The molecule has 2 bridgehead atoms. The van der Waals surface area contributed by atoms with Gasteiger partial charge in [0.15, 0.2) is 5.82 Å². The Morgan fingerprint density at radius 1 is 1.50 bits per heavy atom. The van der Waals surface area contributed by atoms with Crippen molar-refractivity contribution in [3.63, 3.8) is 0 Å². The molecule has 0 aliphatic carbocycles. The Hall–Kier alpha value is -0.980. The van der Waals surface area contributed by atoms with Gasteiger partial charge in [-0.05, 0) is 26.2 Å². The number of aromatic nitrogens is 2. The lowest BCUT2D eigenvalue weighted by Crippen LogP contribution is -2.36. The van der Waals surface area contributed by atoms with E-state index in [0.717, 1.165) is 19.3 Å². The first-order chi connectivity index (χ1) is 8.57. The van der Waals surface area contributed by atoms with E-state index in [4.69, 9.17) is 15.0 Å². The van der Waals surface area contributed by atoms with Gasteiger partial charge in [0.1, 0.15) is 0 Å². The summed E-state index contributed by atoms with van der Waals surface area (Å²) in [5.74, 6) is 1.41. The van der Waals surface area contributed by atoms with Gasteiger partial charge in [0.2, 0.25) is 5.89 Å². The van der Waals surface area contributed by atoms with Gasteiger partial charge in [-0.15, -0.1) is 0 Å². The average molecular weight is 253 g/mol. The number of hydrogen-bond donors (Lipinski definition) is 2. The van der Waals surface area contributed by atoms with Crippen molar-refractivity contribution >= 4 is 0 Å². The second kappa shape index (κ2) is 4.29. The molecule has 2 saturated heterocycles. The first-order valence-corrected chi connectivity index (χ1v) is 6.48. The predicted octanol–water partition coefficient (Wildman–Crippen LogP) is 0.357. The summed E-state index contributed by atoms with van der Waals surface area (Å²) >= 11 is 0. The van der Waals surface area contributed by atoms with E-state index in [0.29, 0.717) is 17.8 Å². The number of ether oxygens (including phenoxy) is 1. The zero-order valence-electron chi connectivity index (χ0n) is 10.5. The van der Waals surface area contributed by atoms with Gasteiger partial charge >= 0.3 is 0 Å². The molecule has 2 aliphatic rings. The molecule has 2 fully saturated rings. The molecule has 0 radical (unpaired) electrons. The third kappa shape index (κ3) is 2.15. The average Bonchev–Trinajstić information content (AvgIpc) is 3.02. The number of nitrogens with two attached hydrogens (primary N) is 1. The molecule has 0 spiro atoms. The maximum atomic E-state index is 9.88. The smallest absolute Gasteiger partial charge is 0.229 e. The Labute approximate surface area is 106 Å². The quantitative estimate of drug-likeness (QED) is 0.804. The van der Waals surface area contributed by atoms with Crippen molar-refractivity contribution in [3.05, 3.63) is 11.7 Å². The minimum atomic E-state index is -0.991. The first kappa shape index (κ1) is 12.1. The lowest BCUT2D eigenvalue weighted by molar-refractivity contribution is 0.0610. The van der Waals surface area contributed by atoms with Gasteiger partial charge in [-0.2, -0.15) is 4.98 Å². The highest BCUT2D eigenvalue weighted by molar-refractivity contribution is 5.07. The zero-order chi connectivity index (χ0) is 12.8. The van der Waals surface area contributed by atoms with Crippen LogP contribution in [0.5, 0.6) is 0 Å². The summed E-state index contributed by atoms with van der Waals surface area (Å²) in [6.07, 6.45) is 4.12. The normalized spacial score (nSPS) is 33.8. The van der Waals surface area contributed by atoms with Gasteiger partial charge in [0.05, 0.1) is 30.1 Å². The van der Waals surface area contributed by atoms with Crippen LogP contribution in [0.1, 0.15) is 43.8 Å². The van der Waals surface area contributed by atoms with E-state index in [1.807, 2.05) is 0 Å². The lowest BCUT2D eigenvalue weighted by Gasteiger charge is -2.17. The third-order valence-corrected chi connectivity index (χ3v) is 3.89. The van der Waals surface area contributed by atoms with Gasteiger partial charge in [-0.1, -0.05) is 5.16 Å². The number of rotatable bonds is 4. The maximum absolute atomic E-state index is 9.88. The van der Waals surface area contributed by atoms with Crippen LogP contribution >= 0.6 is 0 Å². The Balaban J connectivity index is 1.70. The fourth-order valence-electron chi connectivity index (χ4n) is 2.80. The molecule has 3 rings (SSSR count). The van der Waals surface area contributed by atoms with Crippen molar-refractivity contribution in [1.29, 1.82) is 0 Å². The van der Waals surface area contributed by atoms with Crippen molar-refractivity contribution in [2.75, 3.05) is 6.54 Å². The van der Waals surface area contributed by atoms with Crippen molar-refractivity contribution < 1.29 is 14.4 Å². The van der Waals surface area contributed by atoms with Crippen LogP contribution in [-0.2, 0) is 11.2 Å². The van der Waals surface area contributed by atoms with E-state index < -0.39 is 5.60 Å². The van der Waals surface area contributed by atoms with E-state index in [1.165, 1.54) is 0 Å². The summed E-state index contributed by atoms with van der Waals surface area (Å²) in [7, 11) is 0. The molecule has 18 heavy (non-hydrogen) atoms. The minimum absolute atomic E-state index is 0.169. The summed E-state index contributed by atoms with van der Waals surface area (Å²) in [4.78, 5) is 4.37. The van der Waals surface area contributed by atoms with Crippen molar-refractivity contribution in [2.24, 2.45) is 5.73 Å². The Morgan fingerprint density at radius 3 is 2.94 bits per heavy atom. The number of hydrogen-bond acceptors (Lipinski definition) is 6. The van der Waals surface area contributed by atoms with Crippen LogP contribution in [0, 0.1) is 0 Å². The van der Waals surface area contributed by atoms with Crippen LogP contribution in [0.3, 0.4) is 0 Å². The SMILES string of the molecule is CC(O)(CN)Cc1nc(C2CC3CCC2O3)no1. The highest BCUT2D eigenvalue weighted by Crippen LogP contribution is 2.43. The molecular formula is C12H19N3O3. The Bertz CT molecular complexity index is 432. The van der Waals surface area contributed by atoms with Crippen LogP contribution in [0.25, 0.3) is 0 Å². The van der Waals surface area contributed by atoms with Gasteiger partial charge in [0, 0.05) is 6.54 Å². The molecule has 4 atom stereocenters. The molecule has 2 aliphatic heterocycles. The molecule has 4 unspecified atom stereocenters. The second-order valence-corrected chi connectivity index (χ2v) is 5.64. The molecule has 0 saturated carbocycles. The van der Waals surface area contributed by atoms with E-state index in [2.05, 4.69) is 10.1 Å². The molecule has 3 heterocycles. The van der Waals surface area contributed by atoms with Gasteiger partial charge in [0.25, 0.3) is 0 Å². The third-order valence-electron chi connectivity index (χ3n) is 3.89. The molecular weight excluding hydrogens is 234 g/mol. The topological polar surface area (TPSA) is 94.4 Å². The predicted molar refractivity (Wildman–Crippen MR) is 62.9 cm³/mol. The maximum Gasteiger partial charge on any atom is 0.229 e. The van der Waals surface area contributed by atoms with E-state index in [1.54, 1.807) is 6.92 Å². The number of aliphatic hydroxyl groups is 1. The summed E-state index contributed by atoms with van der Waals surface area (Å²) in [6.45, 7) is 1.83. The van der Waals surface area contributed by atoms with Crippen molar-refractivity contribution in [2.45, 2.75) is 56.3 Å². The van der Waals surface area contributed by atoms with Crippen LogP contribution in [0.15, 0.2) is 4.52 Å². The fourth-order valence-corrected chi connectivity index (χ4v) is 2.80. The molecule has 100 valence electrons. The molecule has 1 aromatic heterocycles. The molecule has 0 amide bonds. The first-order valence-electron chi connectivity index (χ1n) is 6.48. The Kier molecular flexibility index (Phi) is 2.88. The zero-order valence-corrected chi connectivity index (χ0v) is 10.5. The highest BCUT2D eigenvalue weighted by atomic mass is 16.5. The fraction of sp³-hybridized carbons (Fsp3) is 0.833. The molecule has 0 aromatic carbocycles. The molecule has 3 N–H and O–H groups in total. The summed E-state index contributed by atoms with van der Waals surface area (Å²) in [6, 6.07) is 0. The molecule has 6 nitrogen and oxygen atoms in total. The summed E-state index contributed by atoms with van der Waals surface area (Å²) in [5, 5.41) is 13.9. The number of fused-ring (bicyclic) bond motifs is 2. The van der Waals surface area contributed by atoms with Crippen LogP contribution in [-0.4, -0.2) is 39.6 Å². The standard InChI is InChI=1S/C12H19N3O3/c1-12(16,6-13)5-10-14-11(15-18-10)8-4-7-2-3-9(8)17-7/h7-9,16H,2-6,13H2,1H3. The monoisotopic (exact) mass is 253 g/mol. The summed E-state index contributed by atoms with van der Waals surface area (Å²) < 4.78 is 11.0. The largest absolute Gasteiger partial charge is 0.388 e. The highest BCUT2D eigenvalue weighted by Gasteiger charge is 2.43. The van der Waals surface area contributed by atoms with Crippen LogP contribution < -0.4 is 5.73 Å². The summed E-state index contributed by atoms with van der Waals surface area (Å²) in [5.41, 5.74) is 4.48. The van der Waals surface area contributed by atoms with E-state index in [9.17, 15) is 5.11 Å².